The van der Waals surface area contributed by atoms with E-state index in [4.69, 9.17) is 0 Å². The number of rotatable bonds is 7. The molecule has 0 bridgehead atoms. The summed E-state index contributed by atoms with van der Waals surface area (Å²) in [5, 5.41) is 19.8. The van der Waals surface area contributed by atoms with Gasteiger partial charge in [-0.1, -0.05) is 0 Å². The van der Waals surface area contributed by atoms with Crippen LogP contribution in [0.5, 0.6) is 0 Å². The van der Waals surface area contributed by atoms with Crippen LogP contribution in [0.3, 0.4) is 0 Å². The smallest absolute Gasteiger partial charge is 0.223 e. The Morgan fingerprint density at radius 2 is 1.81 bits per heavy atom. The Balaban J connectivity index is 2.32. The number of nitrogens with zero attached hydrogens (tertiary/aromatic N) is 1. The molecular weight excluding hydrogens is 304 g/mol. The molecule has 1 rings (SSSR count). The van der Waals surface area contributed by atoms with Crippen molar-refractivity contribution >= 4 is 22.0 Å². The van der Waals surface area contributed by atoms with Crippen LogP contribution in [0.15, 0.2) is 0 Å². The lowest BCUT2D eigenvalue weighted by molar-refractivity contribution is -0.906. The van der Waals surface area contributed by atoms with Crippen molar-refractivity contribution in [1.82, 2.24) is 4.90 Å². The fraction of sp³-hybridized carbons (Fsp3) is 0.818. The molecule has 0 aromatic heterocycles. The van der Waals surface area contributed by atoms with Crippen molar-refractivity contribution in [2.45, 2.75) is 18.9 Å². The molecule has 1 heterocycles. The molecule has 10 heteroatoms. The van der Waals surface area contributed by atoms with E-state index < -0.39 is 27.9 Å². The van der Waals surface area contributed by atoms with Crippen molar-refractivity contribution in [2.24, 2.45) is 0 Å². The van der Waals surface area contributed by atoms with E-state index in [2.05, 4.69) is 0 Å². The molecule has 2 N–H and O–H groups in total. The molecule has 0 radical (unpaired) electrons. The molecule has 0 unspecified atom stereocenters. The van der Waals surface area contributed by atoms with Crippen LogP contribution in [-0.2, 0) is 19.7 Å². The molecule has 1 aliphatic heterocycles. The van der Waals surface area contributed by atoms with Crippen LogP contribution in [0.2, 0.25) is 0 Å². The average molecular weight is 323 g/mol. The zero-order chi connectivity index (χ0) is 16.0. The van der Waals surface area contributed by atoms with Crippen LogP contribution in [0, 0.1) is 0 Å². The second-order valence-electron chi connectivity index (χ2n) is 5.09. The van der Waals surface area contributed by atoms with Crippen LogP contribution in [0.4, 0.5) is 0 Å². The molecule has 0 aromatic rings. The minimum atomic E-state index is -4.45. The Hall–Kier alpha value is -1.23. The third-order valence-electron chi connectivity index (χ3n) is 3.29. The maximum atomic E-state index is 11.7. The molecule has 1 saturated heterocycles. The predicted molar refractivity (Wildman–Crippen MR) is 67.0 cm³/mol. The van der Waals surface area contributed by atoms with E-state index >= 15 is 0 Å². The Labute approximate surface area is 122 Å². The number of hydrogen-bond acceptors (Lipinski definition) is 7. The van der Waals surface area contributed by atoms with Crippen molar-refractivity contribution < 1.29 is 37.7 Å². The zero-order valence-electron chi connectivity index (χ0n) is 11.5. The van der Waals surface area contributed by atoms with Gasteiger partial charge >= 0.3 is 0 Å². The first-order valence-corrected chi connectivity index (χ1v) is 8.18. The van der Waals surface area contributed by atoms with E-state index in [1.54, 1.807) is 0 Å². The van der Waals surface area contributed by atoms with Gasteiger partial charge in [0, 0.05) is 12.4 Å². The summed E-state index contributed by atoms with van der Waals surface area (Å²) in [5.41, 5.74) is 0. The Morgan fingerprint density at radius 1 is 1.24 bits per heavy atom. The van der Waals surface area contributed by atoms with Gasteiger partial charge in [-0.05, 0) is 6.42 Å². The number of piperazine rings is 1. The van der Waals surface area contributed by atoms with Crippen molar-refractivity contribution in [3.63, 3.8) is 0 Å². The van der Waals surface area contributed by atoms with Crippen molar-refractivity contribution in [1.29, 1.82) is 0 Å². The topological polar surface area (TPSA) is 142 Å². The lowest BCUT2D eigenvalue weighted by atomic mass is 10.2. The van der Waals surface area contributed by atoms with Gasteiger partial charge in [0.05, 0.1) is 42.1 Å². The van der Waals surface area contributed by atoms with Crippen LogP contribution >= 0.6 is 0 Å². The highest BCUT2D eigenvalue weighted by atomic mass is 32.2. The van der Waals surface area contributed by atoms with E-state index in [1.165, 1.54) is 4.90 Å². The van der Waals surface area contributed by atoms with Crippen molar-refractivity contribution in [2.75, 3.05) is 38.5 Å². The Morgan fingerprint density at radius 3 is 2.29 bits per heavy atom. The minimum absolute atomic E-state index is 0.102. The monoisotopic (exact) mass is 323 g/mol. The first kappa shape index (κ1) is 17.8. The third-order valence-corrected chi connectivity index (χ3v) is 4.08. The summed E-state index contributed by atoms with van der Waals surface area (Å²) in [6, 6.07) is 0. The first-order chi connectivity index (χ1) is 9.67. The summed E-state index contributed by atoms with van der Waals surface area (Å²) in [6.07, 6.45) is -1.64. The number of carbonyl (C=O) groups is 2. The maximum Gasteiger partial charge on any atom is 0.223 e. The van der Waals surface area contributed by atoms with Gasteiger partial charge in [-0.2, -0.15) is 0 Å². The summed E-state index contributed by atoms with van der Waals surface area (Å²) < 4.78 is 31.6. The highest BCUT2D eigenvalue weighted by Crippen LogP contribution is 1.98. The standard InChI is InChI=1S/C11H20N2O7S/c14-9(8-21(18,19)20)7-12-3-5-13(6-4-12)10(15)1-2-11(16)17/h9,14H,1-8H2,(H,16,17)(H,18,19,20)/p-1/t9-/m0/s1. The van der Waals surface area contributed by atoms with E-state index in [0.29, 0.717) is 26.2 Å². The van der Waals surface area contributed by atoms with Gasteiger partial charge in [-0.25, -0.2) is 8.42 Å². The van der Waals surface area contributed by atoms with Gasteiger partial charge in [0.15, 0.2) is 0 Å². The van der Waals surface area contributed by atoms with Gasteiger partial charge in [0.25, 0.3) is 0 Å². The molecule has 122 valence electrons. The van der Waals surface area contributed by atoms with Crippen LogP contribution < -0.4 is 10.0 Å². The number of carboxylic acids is 1. The molecule has 0 aliphatic carbocycles. The third kappa shape index (κ3) is 7.37. The zero-order valence-corrected chi connectivity index (χ0v) is 12.3. The predicted octanol–water partition coefficient (Wildman–Crippen LogP) is -4.85. The SMILES string of the molecule is O=C([O-])CCC(=O)N1CC[NH+](C[C@H](O)CS(=O)(=O)[O-])CC1. The number of carboxylic acid groups (broad SMARTS) is 1. The molecule has 0 spiro atoms. The van der Waals surface area contributed by atoms with E-state index in [0.717, 1.165) is 4.90 Å². The second kappa shape index (κ2) is 7.69. The number of aliphatic hydroxyl groups is 1. The van der Waals surface area contributed by atoms with Gasteiger partial charge in [0.2, 0.25) is 5.91 Å². The lowest BCUT2D eigenvalue weighted by Crippen LogP contribution is -3.16. The Bertz CT molecular complexity index is 471. The van der Waals surface area contributed by atoms with Gasteiger partial charge in [-0.3, -0.25) is 4.79 Å². The summed E-state index contributed by atoms with van der Waals surface area (Å²) >= 11 is 0. The van der Waals surface area contributed by atoms with Crippen molar-refractivity contribution in [3.05, 3.63) is 0 Å². The van der Waals surface area contributed by atoms with Gasteiger partial charge in [0.1, 0.15) is 12.6 Å². The van der Waals surface area contributed by atoms with Gasteiger partial charge in [-0.15, -0.1) is 0 Å². The normalized spacial score (nSPS) is 18.5. The average Bonchev–Trinajstić information content (AvgIpc) is 2.34. The maximum absolute atomic E-state index is 11.7. The number of aliphatic hydroxyl groups excluding tert-OH is 1. The molecule has 0 saturated carbocycles. The molecule has 1 atom stereocenters. The number of carbonyl (C=O) groups excluding carboxylic acids is 2. The largest absolute Gasteiger partial charge is 0.748 e. The fourth-order valence-corrected chi connectivity index (χ4v) is 2.86. The highest BCUT2D eigenvalue weighted by molar-refractivity contribution is 7.85. The first-order valence-electron chi connectivity index (χ1n) is 6.60. The minimum Gasteiger partial charge on any atom is -0.748 e. The molecule has 21 heavy (non-hydrogen) atoms. The number of aliphatic carboxylic acids is 1. The number of nitrogens with one attached hydrogen (secondary N) is 1. The number of amides is 1. The molecule has 1 fully saturated rings. The van der Waals surface area contributed by atoms with E-state index in [9.17, 15) is 32.8 Å². The van der Waals surface area contributed by atoms with Crippen LogP contribution in [0.25, 0.3) is 0 Å². The van der Waals surface area contributed by atoms with E-state index in [-0.39, 0.29) is 25.3 Å². The van der Waals surface area contributed by atoms with Gasteiger partial charge < -0.3 is 29.4 Å². The lowest BCUT2D eigenvalue weighted by Gasteiger charge is -2.33. The second-order valence-corrected chi connectivity index (χ2v) is 6.53. The molecule has 1 amide bonds. The highest BCUT2D eigenvalue weighted by Gasteiger charge is 2.25. The fourth-order valence-electron chi connectivity index (χ4n) is 2.27. The van der Waals surface area contributed by atoms with E-state index in [1.807, 2.05) is 0 Å². The molecule has 9 nitrogen and oxygen atoms in total. The quantitative estimate of drug-likeness (QED) is 0.447. The number of hydrogen-bond donors (Lipinski definition) is 2. The number of quaternary nitrogens is 1. The summed E-state index contributed by atoms with van der Waals surface area (Å²) in [4.78, 5) is 24.4. The molecule has 1 aliphatic rings. The van der Waals surface area contributed by atoms with Crippen LogP contribution in [0.1, 0.15) is 12.8 Å². The Kier molecular flexibility index (Phi) is 6.52. The summed E-state index contributed by atoms with van der Waals surface area (Å²) in [5.74, 6) is -2.35. The van der Waals surface area contributed by atoms with Crippen LogP contribution in [-0.4, -0.2) is 79.4 Å². The summed E-state index contributed by atoms with van der Waals surface area (Å²) in [7, 11) is -4.45. The molecule has 0 aromatic carbocycles. The molecular formula is C11H19N2O7S-. The summed E-state index contributed by atoms with van der Waals surface area (Å²) in [6.45, 7) is 1.94. The van der Waals surface area contributed by atoms with Crippen molar-refractivity contribution in [3.8, 4) is 0 Å².